The summed E-state index contributed by atoms with van der Waals surface area (Å²) in [6, 6.07) is 0. The van der Waals surface area contributed by atoms with E-state index in [4.69, 9.17) is 4.99 Å². The van der Waals surface area contributed by atoms with Crippen LogP contribution in [-0.2, 0) is 10.0 Å². The topological polar surface area (TPSA) is 77.0 Å². The van der Waals surface area contributed by atoms with Crippen LogP contribution in [0.5, 0.6) is 0 Å². The number of hydrogen-bond acceptors (Lipinski definition) is 4. The third-order valence-corrected chi connectivity index (χ3v) is 5.89. The van der Waals surface area contributed by atoms with Crippen LogP contribution >= 0.6 is 24.0 Å². The van der Waals surface area contributed by atoms with Crippen molar-refractivity contribution in [1.29, 1.82) is 0 Å². The van der Waals surface area contributed by atoms with Gasteiger partial charge in [0.15, 0.2) is 5.96 Å². The van der Waals surface area contributed by atoms with Gasteiger partial charge in [0, 0.05) is 31.7 Å². The molecule has 2 heterocycles. The van der Waals surface area contributed by atoms with Crippen molar-refractivity contribution in [2.75, 3.05) is 52.1 Å². The smallest absolute Gasteiger partial charge is 0.209 e. The van der Waals surface area contributed by atoms with Crippen LogP contribution in [0.4, 0.5) is 0 Å². The van der Waals surface area contributed by atoms with Crippen molar-refractivity contribution in [3.63, 3.8) is 0 Å². The number of likely N-dealkylation sites (tertiary alicyclic amines) is 2. The van der Waals surface area contributed by atoms with Crippen molar-refractivity contribution in [3.05, 3.63) is 0 Å². The summed E-state index contributed by atoms with van der Waals surface area (Å²) >= 11 is 0. The number of aliphatic imine (C=N–C) groups is 1. The van der Waals surface area contributed by atoms with E-state index in [-0.39, 0.29) is 24.0 Å². The van der Waals surface area contributed by atoms with Gasteiger partial charge in [0.05, 0.1) is 12.8 Å². The molecule has 1 unspecified atom stereocenters. The largest absolute Gasteiger partial charge is 0.357 e. The summed E-state index contributed by atoms with van der Waals surface area (Å²) in [5.41, 5.74) is -0.596. The number of guanidine groups is 1. The van der Waals surface area contributed by atoms with Gasteiger partial charge in [-0.05, 0) is 59.0 Å². The minimum atomic E-state index is -3.24. The zero-order valence-electron chi connectivity index (χ0n) is 17.3. The molecular weight excluding hydrogens is 477 g/mol. The molecule has 2 rings (SSSR count). The van der Waals surface area contributed by atoms with E-state index in [1.165, 1.54) is 51.6 Å². The lowest BCUT2D eigenvalue weighted by atomic mass is 10.1. The summed E-state index contributed by atoms with van der Waals surface area (Å²) in [5.74, 6) is 1.59. The zero-order chi connectivity index (χ0) is 19.2. The molecule has 0 aromatic carbocycles. The van der Waals surface area contributed by atoms with Crippen LogP contribution in [0.1, 0.15) is 46.5 Å². The van der Waals surface area contributed by atoms with Crippen molar-refractivity contribution in [3.8, 4) is 0 Å². The van der Waals surface area contributed by atoms with Gasteiger partial charge < -0.3 is 15.1 Å². The molecular formula is C18H38IN5O2S. The summed E-state index contributed by atoms with van der Waals surface area (Å²) < 4.78 is 25.7. The van der Waals surface area contributed by atoms with Crippen LogP contribution in [0.3, 0.4) is 0 Å². The second-order valence-electron chi connectivity index (χ2n) is 8.39. The maximum atomic E-state index is 11.5. The summed E-state index contributed by atoms with van der Waals surface area (Å²) in [4.78, 5) is 9.66. The average molecular weight is 516 g/mol. The minimum absolute atomic E-state index is 0. The van der Waals surface area contributed by atoms with Gasteiger partial charge in [-0.3, -0.25) is 4.99 Å². The number of nitrogens with one attached hydrogen (secondary N) is 2. The molecule has 9 heteroatoms. The molecule has 2 aliphatic heterocycles. The van der Waals surface area contributed by atoms with E-state index in [0.717, 1.165) is 25.6 Å². The standard InChI is InChI=1S/C18H37N5O2S.HI/c1-5-19-17(20-15-18(2,3)21-26(4,24)25)23-12-9-16(14-23)13-22-10-7-6-8-11-22;/h16,21H,5-15H2,1-4H3,(H,19,20);1H. The highest BCUT2D eigenvalue weighted by Crippen LogP contribution is 2.20. The predicted molar refractivity (Wildman–Crippen MR) is 123 cm³/mol. The maximum Gasteiger partial charge on any atom is 0.209 e. The highest BCUT2D eigenvalue weighted by molar-refractivity contribution is 14.0. The maximum absolute atomic E-state index is 11.5. The van der Waals surface area contributed by atoms with E-state index < -0.39 is 15.6 Å². The molecule has 2 saturated heterocycles. The highest BCUT2D eigenvalue weighted by Gasteiger charge is 2.28. The molecule has 0 saturated carbocycles. The van der Waals surface area contributed by atoms with Gasteiger partial charge in [0.2, 0.25) is 10.0 Å². The van der Waals surface area contributed by atoms with Crippen LogP contribution in [-0.4, -0.2) is 81.8 Å². The Hall–Kier alpha value is -0.130. The monoisotopic (exact) mass is 515 g/mol. The molecule has 0 amide bonds. The number of sulfonamides is 1. The Bertz CT molecular complexity index is 576. The van der Waals surface area contributed by atoms with Crippen molar-refractivity contribution < 1.29 is 8.42 Å². The van der Waals surface area contributed by atoms with Gasteiger partial charge >= 0.3 is 0 Å². The molecule has 2 N–H and O–H groups in total. The van der Waals surface area contributed by atoms with Gasteiger partial charge in [0.1, 0.15) is 0 Å². The van der Waals surface area contributed by atoms with Crippen molar-refractivity contribution in [1.82, 2.24) is 19.8 Å². The van der Waals surface area contributed by atoms with E-state index in [0.29, 0.717) is 12.5 Å². The SMILES string of the molecule is CCNC(=NCC(C)(C)NS(C)(=O)=O)N1CCC(CN2CCCCC2)C1.I. The lowest BCUT2D eigenvalue weighted by molar-refractivity contribution is 0.198. The molecule has 2 aliphatic rings. The van der Waals surface area contributed by atoms with Crippen LogP contribution < -0.4 is 10.0 Å². The van der Waals surface area contributed by atoms with Crippen LogP contribution in [0.2, 0.25) is 0 Å². The van der Waals surface area contributed by atoms with E-state index >= 15 is 0 Å². The Morgan fingerprint density at radius 2 is 1.85 bits per heavy atom. The van der Waals surface area contributed by atoms with Crippen molar-refractivity contribution in [2.45, 2.75) is 52.0 Å². The Morgan fingerprint density at radius 1 is 1.19 bits per heavy atom. The molecule has 0 bridgehead atoms. The normalized spacial score (nSPS) is 22.6. The number of nitrogens with zero attached hydrogens (tertiary/aromatic N) is 3. The summed E-state index contributed by atoms with van der Waals surface area (Å²) in [6.45, 7) is 12.8. The Morgan fingerprint density at radius 3 is 2.44 bits per heavy atom. The average Bonchev–Trinajstić information content (AvgIpc) is 2.98. The van der Waals surface area contributed by atoms with Crippen LogP contribution in [0, 0.1) is 5.92 Å². The molecule has 0 aromatic heterocycles. The fourth-order valence-corrected chi connectivity index (χ4v) is 4.98. The van der Waals surface area contributed by atoms with E-state index in [2.05, 4.69) is 26.8 Å². The minimum Gasteiger partial charge on any atom is -0.357 e. The third kappa shape index (κ3) is 9.27. The quantitative estimate of drug-likeness (QED) is 0.307. The molecule has 27 heavy (non-hydrogen) atoms. The van der Waals surface area contributed by atoms with E-state index in [1.54, 1.807) is 0 Å². The van der Waals surface area contributed by atoms with Gasteiger partial charge in [0.25, 0.3) is 0 Å². The number of halogens is 1. The number of rotatable bonds is 7. The first kappa shape index (κ1) is 24.9. The second-order valence-corrected chi connectivity index (χ2v) is 10.1. The second kappa shape index (κ2) is 11.2. The van der Waals surface area contributed by atoms with Crippen LogP contribution in [0.25, 0.3) is 0 Å². The van der Waals surface area contributed by atoms with E-state index in [1.807, 2.05) is 13.8 Å². The predicted octanol–water partition coefficient (Wildman–Crippen LogP) is 1.71. The molecule has 1 atom stereocenters. The fourth-order valence-electron chi connectivity index (χ4n) is 3.91. The number of hydrogen-bond donors (Lipinski definition) is 2. The molecule has 0 aliphatic carbocycles. The molecule has 2 fully saturated rings. The van der Waals surface area contributed by atoms with Gasteiger partial charge in [-0.15, -0.1) is 24.0 Å². The zero-order valence-corrected chi connectivity index (χ0v) is 20.5. The Kier molecular flexibility index (Phi) is 10.3. The first-order valence-electron chi connectivity index (χ1n) is 9.93. The van der Waals surface area contributed by atoms with Gasteiger partial charge in [-0.25, -0.2) is 13.1 Å². The molecule has 0 radical (unpaired) electrons. The van der Waals surface area contributed by atoms with Crippen molar-refractivity contribution >= 4 is 40.0 Å². The van der Waals surface area contributed by atoms with Gasteiger partial charge in [-0.1, -0.05) is 6.42 Å². The first-order chi connectivity index (χ1) is 12.2. The molecule has 160 valence electrons. The Balaban J connectivity index is 0.00000364. The van der Waals surface area contributed by atoms with Crippen molar-refractivity contribution in [2.24, 2.45) is 10.9 Å². The lowest BCUT2D eigenvalue weighted by Crippen LogP contribution is -2.47. The first-order valence-corrected chi connectivity index (χ1v) is 11.8. The van der Waals surface area contributed by atoms with E-state index in [9.17, 15) is 8.42 Å². The van der Waals surface area contributed by atoms with Gasteiger partial charge in [-0.2, -0.15) is 0 Å². The Labute approximate surface area is 182 Å². The summed E-state index contributed by atoms with van der Waals surface area (Å²) in [6.07, 6.45) is 6.44. The molecule has 7 nitrogen and oxygen atoms in total. The lowest BCUT2D eigenvalue weighted by Gasteiger charge is -2.29. The molecule has 0 spiro atoms. The van der Waals surface area contributed by atoms with Crippen LogP contribution in [0.15, 0.2) is 4.99 Å². The highest BCUT2D eigenvalue weighted by atomic mass is 127. The summed E-state index contributed by atoms with van der Waals surface area (Å²) in [7, 11) is -3.24. The third-order valence-electron chi connectivity index (χ3n) is 4.97. The molecule has 0 aromatic rings. The number of piperidine rings is 1. The summed E-state index contributed by atoms with van der Waals surface area (Å²) in [5, 5.41) is 3.37. The fraction of sp³-hybridized carbons (Fsp3) is 0.944.